The van der Waals surface area contributed by atoms with Gasteiger partial charge in [0.25, 0.3) is 5.91 Å². The van der Waals surface area contributed by atoms with Gasteiger partial charge in [-0.3, -0.25) is 14.5 Å². The van der Waals surface area contributed by atoms with Crippen molar-refractivity contribution < 1.29 is 19.1 Å². The van der Waals surface area contributed by atoms with Crippen LogP contribution >= 0.6 is 0 Å². The second-order valence-electron chi connectivity index (χ2n) is 7.66. The third kappa shape index (κ3) is 4.16. The summed E-state index contributed by atoms with van der Waals surface area (Å²) in [5.74, 6) is -1.48. The van der Waals surface area contributed by atoms with Gasteiger partial charge < -0.3 is 10.1 Å². The summed E-state index contributed by atoms with van der Waals surface area (Å²) in [6, 6.07) is 25.7. The molecule has 1 aliphatic heterocycles. The largest absolute Gasteiger partial charge is 0.452 e. The second-order valence-corrected chi connectivity index (χ2v) is 7.66. The number of fused-ring (bicyclic) bond motifs is 1. The van der Waals surface area contributed by atoms with E-state index in [1.165, 1.54) is 4.90 Å². The van der Waals surface area contributed by atoms with Crippen molar-refractivity contribution in [2.24, 2.45) is 0 Å². The zero-order valence-electron chi connectivity index (χ0n) is 18.0. The number of aromatic nitrogens is 2. The van der Waals surface area contributed by atoms with Gasteiger partial charge in [-0.1, -0.05) is 60.7 Å². The molecule has 1 aromatic heterocycles. The molecule has 1 N–H and O–H groups in total. The molecular weight excluding hydrogens is 432 g/mol. The molecule has 8 heteroatoms. The van der Waals surface area contributed by atoms with Crippen LogP contribution in [-0.2, 0) is 14.3 Å². The zero-order chi connectivity index (χ0) is 23.5. The number of carbonyl (C=O) groups excluding carboxylic acids is 3. The maximum atomic E-state index is 13.1. The van der Waals surface area contributed by atoms with Gasteiger partial charge in [0.2, 0.25) is 5.91 Å². The highest BCUT2D eigenvalue weighted by Gasteiger charge is 2.28. The fraction of sp³-hybridized carbons (Fsp3) is 0.0769. The minimum Gasteiger partial charge on any atom is -0.452 e. The number of esters is 1. The van der Waals surface area contributed by atoms with Crippen LogP contribution in [0.2, 0.25) is 0 Å². The SMILES string of the molecule is O=C1CN(C(=O)COC(=O)c2cn(-c3ccccc3)nc2-c2ccccc2)c2ccccc2N1. The number of nitrogens with one attached hydrogen (secondary N) is 1. The van der Waals surface area contributed by atoms with Gasteiger partial charge in [-0.25, -0.2) is 9.48 Å². The first-order chi connectivity index (χ1) is 16.6. The Morgan fingerprint density at radius 3 is 2.35 bits per heavy atom. The summed E-state index contributed by atoms with van der Waals surface area (Å²) >= 11 is 0. The maximum Gasteiger partial charge on any atom is 0.342 e. The molecule has 0 fully saturated rings. The van der Waals surface area contributed by atoms with Gasteiger partial charge in [-0.2, -0.15) is 5.10 Å². The van der Waals surface area contributed by atoms with E-state index in [1.807, 2.05) is 60.7 Å². The van der Waals surface area contributed by atoms with Crippen LogP contribution in [0.4, 0.5) is 11.4 Å². The first-order valence-corrected chi connectivity index (χ1v) is 10.7. The van der Waals surface area contributed by atoms with Crippen molar-refractivity contribution in [2.75, 3.05) is 23.4 Å². The molecule has 3 aromatic carbocycles. The molecule has 0 unspecified atom stereocenters. The highest BCUT2D eigenvalue weighted by atomic mass is 16.5. The summed E-state index contributed by atoms with van der Waals surface area (Å²) in [6.07, 6.45) is 1.59. The van der Waals surface area contributed by atoms with Crippen molar-refractivity contribution in [3.05, 3.63) is 96.7 Å². The molecule has 0 bridgehead atoms. The maximum absolute atomic E-state index is 13.1. The van der Waals surface area contributed by atoms with Gasteiger partial charge in [0.15, 0.2) is 6.61 Å². The highest BCUT2D eigenvalue weighted by molar-refractivity contribution is 6.10. The third-order valence-corrected chi connectivity index (χ3v) is 5.40. The third-order valence-electron chi connectivity index (χ3n) is 5.40. The number of hydrogen-bond acceptors (Lipinski definition) is 5. The van der Waals surface area contributed by atoms with E-state index in [2.05, 4.69) is 10.4 Å². The van der Waals surface area contributed by atoms with E-state index in [9.17, 15) is 14.4 Å². The fourth-order valence-electron chi connectivity index (χ4n) is 3.78. The summed E-state index contributed by atoms with van der Waals surface area (Å²) in [4.78, 5) is 39.3. The summed E-state index contributed by atoms with van der Waals surface area (Å²) in [7, 11) is 0. The number of anilines is 2. The first-order valence-electron chi connectivity index (χ1n) is 10.7. The smallest absolute Gasteiger partial charge is 0.342 e. The Hall–Kier alpha value is -4.72. The minimum atomic E-state index is -0.677. The number of para-hydroxylation sites is 3. The predicted octanol–water partition coefficient (Wildman–Crippen LogP) is 3.68. The molecule has 34 heavy (non-hydrogen) atoms. The van der Waals surface area contributed by atoms with E-state index < -0.39 is 18.5 Å². The number of carbonyl (C=O) groups is 3. The Morgan fingerprint density at radius 1 is 0.912 bits per heavy atom. The fourth-order valence-corrected chi connectivity index (χ4v) is 3.78. The number of ether oxygens (including phenoxy) is 1. The topological polar surface area (TPSA) is 93.5 Å². The molecular formula is C26H20N4O4. The molecule has 0 spiro atoms. The summed E-state index contributed by atoms with van der Waals surface area (Å²) in [6.45, 7) is -0.653. The van der Waals surface area contributed by atoms with Crippen LogP contribution in [-0.4, -0.2) is 40.7 Å². The van der Waals surface area contributed by atoms with Crippen LogP contribution < -0.4 is 10.2 Å². The Labute approximate surface area is 195 Å². The van der Waals surface area contributed by atoms with Gasteiger partial charge in [0.1, 0.15) is 17.8 Å². The van der Waals surface area contributed by atoms with Crippen LogP contribution in [0.3, 0.4) is 0 Å². The molecule has 4 aromatic rings. The Kier molecular flexibility index (Phi) is 5.61. The number of amides is 2. The Bertz CT molecular complexity index is 1370. The number of nitrogens with zero attached hydrogens (tertiary/aromatic N) is 3. The van der Waals surface area contributed by atoms with E-state index in [1.54, 1.807) is 35.1 Å². The van der Waals surface area contributed by atoms with Gasteiger partial charge in [-0.15, -0.1) is 0 Å². The van der Waals surface area contributed by atoms with Crippen LogP contribution in [0.5, 0.6) is 0 Å². The molecule has 2 heterocycles. The van der Waals surface area contributed by atoms with Crippen molar-refractivity contribution in [1.82, 2.24) is 9.78 Å². The lowest BCUT2D eigenvalue weighted by Gasteiger charge is -2.28. The minimum absolute atomic E-state index is 0.144. The van der Waals surface area contributed by atoms with Crippen LogP contribution in [0, 0.1) is 0 Å². The normalized spacial score (nSPS) is 12.6. The zero-order valence-corrected chi connectivity index (χ0v) is 18.0. The van der Waals surface area contributed by atoms with E-state index in [4.69, 9.17) is 4.74 Å². The lowest BCUT2D eigenvalue weighted by Crippen LogP contribution is -2.44. The van der Waals surface area contributed by atoms with Crippen molar-refractivity contribution in [2.45, 2.75) is 0 Å². The monoisotopic (exact) mass is 452 g/mol. The number of benzene rings is 3. The van der Waals surface area contributed by atoms with Crippen molar-refractivity contribution >= 4 is 29.2 Å². The van der Waals surface area contributed by atoms with Crippen molar-refractivity contribution in [3.63, 3.8) is 0 Å². The molecule has 0 aliphatic carbocycles. The number of rotatable bonds is 5. The Balaban J connectivity index is 1.39. The number of hydrogen-bond donors (Lipinski definition) is 1. The van der Waals surface area contributed by atoms with Crippen molar-refractivity contribution in [3.8, 4) is 16.9 Å². The standard InChI is InChI=1S/C26H20N4O4/c31-23-16-29(22-14-8-7-13-21(22)27-23)24(32)17-34-26(33)20-15-30(19-11-5-2-6-12-19)28-25(20)18-9-3-1-4-10-18/h1-15H,16-17H2,(H,27,31). The lowest BCUT2D eigenvalue weighted by atomic mass is 10.1. The summed E-state index contributed by atoms with van der Waals surface area (Å²) in [5.41, 5.74) is 3.31. The average Bonchev–Trinajstić information content (AvgIpc) is 3.33. The summed E-state index contributed by atoms with van der Waals surface area (Å²) in [5, 5.41) is 7.32. The van der Waals surface area contributed by atoms with Gasteiger partial charge in [0, 0.05) is 11.8 Å². The van der Waals surface area contributed by atoms with Crippen LogP contribution in [0.15, 0.2) is 91.1 Å². The van der Waals surface area contributed by atoms with Crippen LogP contribution in [0.1, 0.15) is 10.4 Å². The molecule has 168 valence electrons. The van der Waals surface area contributed by atoms with E-state index >= 15 is 0 Å². The first kappa shape index (κ1) is 21.1. The van der Waals surface area contributed by atoms with Gasteiger partial charge >= 0.3 is 5.97 Å². The predicted molar refractivity (Wildman–Crippen MR) is 127 cm³/mol. The Morgan fingerprint density at radius 2 is 1.59 bits per heavy atom. The molecule has 0 saturated heterocycles. The molecule has 0 radical (unpaired) electrons. The van der Waals surface area contributed by atoms with Gasteiger partial charge in [0.05, 0.1) is 17.1 Å². The van der Waals surface area contributed by atoms with E-state index in [-0.39, 0.29) is 18.0 Å². The second kappa shape index (κ2) is 9.03. The van der Waals surface area contributed by atoms with Gasteiger partial charge in [-0.05, 0) is 24.3 Å². The lowest BCUT2D eigenvalue weighted by molar-refractivity contribution is -0.124. The quantitative estimate of drug-likeness (QED) is 0.466. The molecule has 0 atom stereocenters. The van der Waals surface area contributed by atoms with E-state index in [0.29, 0.717) is 17.1 Å². The summed E-state index contributed by atoms with van der Waals surface area (Å²) < 4.78 is 6.99. The van der Waals surface area contributed by atoms with E-state index in [0.717, 1.165) is 11.3 Å². The molecule has 2 amide bonds. The molecule has 1 aliphatic rings. The average molecular weight is 452 g/mol. The molecule has 8 nitrogen and oxygen atoms in total. The molecule has 5 rings (SSSR count). The van der Waals surface area contributed by atoms with Crippen LogP contribution in [0.25, 0.3) is 16.9 Å². The molecule has 0 saturated carbocycles. The van der Waals surface area contributed by atoms with Crippen molar-refractivity contribution in [1.29, 1.82) is 0 Å². The highest BCUT2D eigenvalue weighted by Crippen LogP contribution is 2.29.